The van der Waals surface area contributed by atoms with Gasteiger partial charge in [0.25, 0.3) is 0 Å². The summed E-state index contributed by atoms with van der Waals surface area (Å²) in [6.45, 7) is 1.85. The Hall–Kier alpha value is -1.21. The fourth-order valence-corrected chi connectivity index (χ4v) is 13.5. The highest BCUT2D eigenvalue weighted by Crippen LogP contribution is 2.33. The molecular weight excluding hydrogens is 1180 g/mol. The highest BCUT2D eigenvalue weighted by molar-refractivity contribution is 5.76. The summed E-state index contributed by atoms with van der Waals surface area (Å²) in [7, 11) is 0. The van der Waals surface area contributed by atoms with Crippen molar-refractivity contribution in [3.05, 3.63) is 0 Å². The number of carbonyl (C=O) groups is 1. The predicted octanol–water partition coefficient (Wildman–Crippen LogP) is 11.5. The predicted molar refractivity (Wildman–Crippen MR) is 361 cm³/mol. The first-order chi connectivity index (χ1) is 44.8. The molecule has 0 saturated carbocycles. The van der Waals surface area contributed by atoms with Crippen LogP contribution < -0.4 is 5.32 Å². The van der Waals surface area contributed by atoms with E-state index >= 15 is 0 Å². The molecule has 0 aliphatic carbocycles. The Morgan fingerprint density at radius 1 is 0.348 bits per heavy atom. The molecule has 0 aromatic heterocycles. The highest BCUT2D eigenvalue weighted by Gasteiger charge is 2.53. The molecule has 3 heterocycles. The van der Waals surface area contributed by atoms with Crippen LogP contribution in [0.1, 0.15) is 328 Å². The first kappa shape index (κ1) is 85.0. The van der Waals surface area contributed by atoms with Crippen molar-refractivity contribution in [3.63, 3.8) is 0 Å². The number of rotatable bonds is 61. The summed E-state index contributed by atoms with van der Waals surface area (Å²) in [5.41, 5.74) is 0. The van der Waals surface area contributed by atoms with Gasteiger partial charge in [-0.1, -0.05) is 309 Å². The number of aliphatic hydroxyl groups excluding tert-OH is 11. The number of aliphatic hydroxyl groups is 11. The number of carbonyl (C=O) groups excluding carboxylic acids is 1. The number of ether oxygens (including phenoxy) is 6. The van der Waals surface area contributed by atoms with Crippen LogP contribution in [-0.2, 0) is 33.2 Å². The maximum Gasteiger partial charge on any atom is 0.220 e. The maximum atomic E-state index is 13.4. The Kier molecular flexibility index (Phi) is 51.4. The minimum absolute atomic E-state index is 0.235. The first-order valence-electron chi connectivity index (χ1n) is 38.3. The van der Waals surface area contributed by atoms with E-state index in [9.17, 15) is 61.0 Å². The summed E-state index contributed by atoms with van der Waals surface area (Å²) >= 11 is 0. The molecule has 3 rings (SSSR count). The topological polar surface area (TPSA) is 307 Å². The molecule has 19 nitrogen and oxygen atoms in total. The van der Waals surface area contributed by atoms with E-state index in [2.05, 4.69) is 19.2 Å². The Bertz CT molecular complexity index is 1670. The zero-order chi connectivity index (χ0) is 66.8. The largest absolute Gasteiger partial charge is 0.394 e. The lowest BCUT2D eigenvalue weighted by Crippen LogP contribution is -2.66. The van der Waals surface area contributed by atoms with Crippen LogP contribution in [0, 0.1) is 0 Å². The summed E-state index contributed by atoms with van der Waals surface area (Å²) in [4.78, 5) is 13.4. The average Bonchev–Trinajstić information content (AvgIpc) is 0.859. The third-order valence-corrected chi connectivity index (χ3v) is 19.7. The molecule has 0 aromatic rings. The van der Waals surface area contributed by atoms with E-state index in [0.29, 0.717) is 12.8 Å². The van der Waals surface area contributed by atoms with Crippen molar-refractivity contribution >= 4 is 5.91 Å². The Morgan fingerprint density at radius 3 is 0.946 bits per heavy atom. The van der Waals surface area contributed by atoms with Crippen LogP contribution in [0.25, 0.3) is 0 Å². The number of amides is 1. The molecule has 17 atom stereocenters. The van der Waals surface area contributed by atoms with Gasteiger partial charge in [-0.05, 0) is 12.8 Å². The van der Waals surface area contributed by atoms with Crippen LogP contribution in [0.5, 0.6) is 0 Å². The van der Waals surface area contributed by atoms with E-state index < -0.39 is 124 Å². The number of hydrogen-bond acceptors (Lipinski definition) is 18. The van der Waals surface area contributed by atoms with Crippen molar-refractivity contribution < 1.29 is 89.4 Å². The normalized spacial score (nSPS) is 27.6. The van der Waals surface area contributed by atoms with Crippen LogP contribution in [0.15, 0.2) is 0 Å². The van der Waals surface area contributed by atoms with Gasteiger partial charge in [0.2, 0.25) is 5.91 Å². The molecule has 3 aliphatic heterocycles. The monoisotopic (exact) mass is 1320 g/mol. The summed E-state index contributed by atoms with van der Waals surface area (Å²) in [6, 6.07) is -0.882. The van der Waals surface area contributed by atoms with E-state index in [1.807, 2.05) is 0 Å². The van der Waals surface area contributed by atoms with Crippen molar-refractivity contribution in [2.75, 3.05) is 26.4 Å². The lowest BCUT2D eigenvalue weighted by atomic mass is 9.96. The number of nitrogens with one attached hydrogen (secondary N) is 1. The van der Waals surface area contributed by atoms with Gasteiger partial charge in [0, 0.05) is 6.42 Å². The molecule has 0 bridgehead atoms. The quantitative estimate of drug-likeness (QED) is 0.0252. The van der Waals surface area contributed by atoms with Crippen LogP contribution in [-0.4, -0.2) is 193 Å². The van der Waals surface area contributed by atoms with E-state index in [1.54, 1.807) is 0 Å². The highest BCUT2D eigenvalue weighted by atomic mass is 16.8. The van der Waals surface area contributed by atoms with E-state index in [1.165, 1.54) is 250 Å². The molecule has 0 aromatic carbocycles. The van der Waals surface area contributed by atoms with Gasteiger partial charge < -0.3 is 89.9 Å². The fourth-order valence-electron chi connectivity index (χ4n) is 13.5. The Balaban J connectivity index is 1.36. The fraction of sp³-hybridized carbons (Fsp3) is 0.986. The maximum absolute atomic E-state index is 13.4. The van der Waals surface area contributed by atoms with Crippen LogP contribution in [0.2, 0.25) is 0 Å². The minimum atomic E-state index is -1.97. The molecule has 3 saturated heterocycles. The zero-order valence-corrected chi connectivity index (χ0v) is 58.1. The SMILES string of the molecule is CCCCCCCCCCCCCCCCCCCCCCCCCCCCCCCCCC(O)C(COC1OC(CO)C(OC2OC(CO)C(OC3OC(CO)C(O)C(O)C3O)C(O)C2O)C(O)C1O)NC(=O)CCCCCCCCCCCCCCCCCC. The third-order valence-electron chi connectivity index (χ3n) is 19.7. The molecule has 3 aliphatic rings. The summed E-state index contributed by atoms with van der Waals surface area (Å²) in [6.07, 6.45) is 34.8. The summed E-state index contributed by atoms with van der Waals surface area (Å²) in [5.74, 6) is -0.235. The molecule has 3 fully saturated rings. The smallest absolute Gasteiger partial charge is 0.220 e. The molecule has 17 unspecified atom stereocenters. The van der Waals surface area contributed by atoms with Crippen molar-refractivity contribution in [2.24, 2.45) is 0 Å². The lowest BCUT2D eigenvalue weighted by Gasteiger charge is -2.48. The summed E-state index contributed by atoms with van der Waals surface area (Å²) in [5, 5.41) is 121. The summed E-state index contributed by atoms with van der Waals surface area (Å²) < 4.78 is 34.5. The minimum Gasteiger partial charge on any atom is -0.394 e. The second kappa shape index (κ2) is 55.6. The lowest BCUT2D eigenvalue weighted by molar-refractivity contribution is -0.379. The standard InChI is InChI=1S/C73H141NO18/c1-3-5-7-9-11-13-15-17-19-21-22-23-24-25-26-27-28-29-30-31-32-33-34-35-36-38-40-42-44-46-48-50-57(78)56(74-61(79)51-49-47-45-43-41-39-37-20-18-16-14-12-10-8-6-4-2)55-87-71-67(85)64(82)69(59(53-76)89-71)92-73-68(86)65(83)70(60(54-77)90-73)91-72-66(84)63(81)62(80)58(52-75)88-72/h56-60,62-73,75-78,80-86H,3-55H2,1-2H3,(H,74,79). The Morgan fingerprint density at radius 2 is 0.620 bits per heavy atom. The van der Waals surface area contributed by atoms with Gasteiger partial charge in [-0.15, -0.1) is 0 Å². The van der Waals surface area contributed by atoms with Gasteiger partial charge in [-0.3, -0.25) is 4.79 Å². The van der Waals surface area contributed by atoms with Crippen LogP contribution in [0.3, 0.4) is 0 Å². The molecule has 1 amide bonds. The molecule has 0 spiro atoms. The third kappa shape index (κ3) is 36.6. The van der Waals surface area contributed by atoms with Crippen molar-refractivity contribution in [3.8, 4) is 0 Å². The number of hydrogen-bond donors (Lipinski definition) is 12. The van der Waals surface area contributed by atoms with E-state index in [0.717, 1.165) is 44.9 Å². The van der Waals surface area contributed by atoms with Gasteiger partial charge >= 0.3 is 0 Å². The molecular formula is C73H141NO18. The van der Waals surface area contributed by atoms with E-state index in [4.69, 9.17) is 28.4 Å². The van der Waals surface area contributed by atoms with Crippen LogP contribution >= 0.6 is 0 Å². The molecule has 92 heavy (non-hydrogen) atoms. The van der Waals surface area contributed by atoms with Crippen molar-refractivity contribution in [2.45, 2.75) is 433 Å². The molecule has 19 heteroatoms. The van der Waals surface area contributed by atoms with Crippen LogP contribution in [0.4, 0.5) is 0 Å². The van der Waals surface area contributed by atoms with Gasteiger partial charge in [-0.2, -0.15) is 0 Å². The molecule has 0 radical (unpaired) electrons. The van der Waals surface area contributed by atoms with Crippen molar-refractivity contribution in [1.82, 2.24) is 5.32 Å². The van der Waals surface area contributed by atoms with Gasteiger partial charge in [-0.25, -0.2) is 0 Å². The van der Waals surface area contributed by atoms with Gasteiger partial charge in [0.1, 0.15) is 73.2 Å². The Labute approximate surface area is 557 Å². The zero-order valence-electron chi connectivity index (χ0n) is 58.1. The van der Waals surface area contributed by atoms with Crippen molar-refractivity contribution in [1.29, 1.82) is 0 Å². The first-order valence-corrected chi connectivity index (χ1v) is 38.3. The van der Waals surface area contributed by atoms with Gasteiger partial charge in [0.05, 0.1) is 38.6 Å². The van der Waals surface area contributed by atoms with Gasteiger partial charge in [0.15, 0.2) is 18.9 Å². The average molecular weight is 1320 g/mol. The second-order valence-electron chi connectivity index (χ2n) is 27.8. The van der Waals surface area contributed by atoms with E-state index in [-0.39, 0.29) is 18.9 Å². The molecule has 546 valence electrons. The second-order valence-corrected chi connectivity index (χ2v) is 27.8. The molecule has 12 N–H and O–H groups in total. The number of unbranched alkanes of at least 4 members (excludes halogenated alkanes) is 45.